The average Bonchev–Trinajstić information content (AvgIpc) is 3.30. The van der Waals surface area contributed by atoms with Crippen LogP contribution >= 0.6 is 0 Å². The van der Waals surface area contributed by atoms with Crippen molar-refractivity contribution in [2.45, 2.75) is 37.5 Å². The Kier molecular flexibility index (Phi) is 8.06. The van der Waals surface area contributed by atoms with Gasteiger partial charge in [0.25, 0.3) is 5.91 Å². The van der Waals surface area contributed by atoms with Crippen molar-refractivity contribution < 1.29 is 13.2 Å². The smallest absolute Gasteiger partial charge is 0.251 e. The zero-order chi connectivity index (χ0) is 20.7. The van der Waals surface area contributed by atoms with Gasteiger partial charge in [-0.1, -0.05) is 13.0 Å². The minimum Gasteiger partial charge on any atom is -0.352 e. The maximum absolute atomic E-state index is 12.7. The predicted octanol–water partition coefficient (Wildman–Crippen LogP) is 1.62. The number of carbonyl (C=O) groups excluding carboxylic acids is 1. The van der Waals surface area contributed by atoms with Gasteiger partial charge in [0.15, 0.2) is 0 Å². The fraction of sp³-hybridized carbons (Fsp3) is 0.667. The zero-order valence-corrected chi connectivity index (χ0v) is 18.3. The van der Waals surface area contributed by atoms with Crippen LogP contribution in [0, 0.1) is 0 Å². The Labute approximate surface area is 175 Å². The van der Waals surface area contributed by atoms with Crippen molar-refractivity contribution >= 4 is 15.9 Å². The molecule has 29 heavy (non-hydrogen) atoms. The molecule has 0 spiro atoms. The number of sulfonamides is 1. The molecular weight excluding hydrogens is 388 g/mol. The zero-order valence-electron chi connectivity index (χ0n) is 17.5. The molecule has 1 aromatic rings. The van der Waals surface area contributed by atoms with Gasteiger partial charge in [-0.3, -0.25) is 4.79 Å². The Balaban J connectivity index is 1.42. The second-order valence-corrected chi connectivity index (χ2v) is 9.82. The number of hydrogen-bond acceptors (Lipinski definition) is 5. The summed E-state index contributed by atoms with van der Waals surface area (Å²) in [4.78, 5) is 17.6. The van der Waals surface area contributed by atoms with Crippen molar-refractivity contribution in [3.63, 3.8) is 0 Å². The second kappa shape index (κ2) is 10.5. The van der Waals surface area contributed by atoms with E-state index in [0.29, 0.717) is 25.2 Å². The van der Waals surface area contributed by atoms with Crippen LogP contribution in [0.1, 0.15) is 43.0 Å². The highest BCUT2D eigenvalue weighted by atomic mass is 32.2. The number of nitrogens with one attached hydrogen (secondary N) is 1. The summed E-state index contributed by atoms with van der Waals surface area (Å²) in [6, 6.07) is 6.39. The maximum Gasteiger partial charge on any atom is 0.251 e. The third-order valence-electron chi connectivity index (χ3n) is 5.90. The van der Waals surface area contributed by atoms with Crippen LogP contribution in [-0.2, 0) is 10.0 Å². The van der Waals surface area contributed by atoms with E-state index in [-0.39, 0.29) is 10.8 Å². The standard InChI is InChI=1S/C21H34N4O3S/c1-2-23-14-16-24(17-15-23)11-4-3-10-22-21(26)19-8-7-9-20(18-19)29(27,28)25-12-5-6-13-25/h7-9,18H,2-6,10-17H2,1H3,(H,22,26). The van der Waals surface area contributed by atoms with E-state index in [0.717, 1.165) is 65.0 Å². The summed E-state index contributed by atoms with van der Waals surface area (Å²) in [5, 5.41) is 2.93. The highest BCUT2D eigenvalue weighted by molar-refractivity contribution is 7.89. The van der Waals surface area contributed by atoms with E-state index in [2.05, 4.69) is 22.0 Å². The number of nitrogens with zero attached hydrogens (tertiary/aromatic N) is 3. The van der Waals surface area contributed by atoms with Crippen LogP contribution in [0.5, 0.6) is 0 Å². The van der Waals surface area contributed by atoms with Crippen LogP contribution in [0.25, 0.3) is 0 Å². The second-order valence-electron chi connectivity index (χ2n) is 7.88. The first kappa shape index (κ1) is 22.2. The minimum absolute atomic E-state index is 0.207. The summed E-state index contributed by atoms with van der Waals surface area (Å²) in [5.41, 5.74) is 0.404. The van der Waals surface area contributed by atoms with Gasteiger partial charge in [0.05, 0.1) is 4.90 Å². The van der Waals surface area contributed by atoms with Crippen molar-refractivity contribution in [2.75, 3.05) is 58.9 Å². The number of likely N-dealkylation sites (N-methyl/N-ethyl adjacent to an activating group) is 1. The van der Waals surface area contributed by atoms with Gasteiger partial charge in [-0.25, -0.2) is 8.42 Å². The van der Waals surface area contributed by atoms with Gasteiger partial charge in [-0.2, -0.15) is 4.31 Å². The van der Waals surface area contributed by atoms with Crippen molar-refractivity contribution in [1.82, 2.24) is 19.4 Å². The number of benzene rings is 1. The van der Waals surface area contributed by atoms with E-state index < -0.39 is 10.0 Å². The number of amides is 1. The molecule has 2 fully saturated rings. The first-order valence-electron chi connectivity index (χ1n) is 10.8. The van der Waals surface area contributed by atoms with Crippen molar-refractivity contribution in [3.8, 4) is 0 Å². The fourth-order valence-corrected chi connectivity index (χ4v) is 5.53. The first-order valence-corrected chi connectivity index (χ1v) is 12.3. The Morgan fingerprint density at radius 2 is 1.69 bits per heavy atom. The summed E-state index contributed by atoms with van der Waals surface area (Å²) in [5.74, 6) is -0.208. The lowest BCUT2D eigenvalue weighted by atomic mass is 10.2. The maximum atomic E-state index is 12.7. The van der Waals surface area contributed by atoms with Gasteiger partial charge in [-0.05, 0) is 57.0 Å². The Hall–Kier alpha value is -1.48. The molecule has 0 aromatic heterocycles. The fourth-order valence-electron chi connectivity index (χ4n) is 3.97. The summed E-state index contributed by atoms with van der Waals surface area (Å²) in [7, 11) is -3.50. The molecule has 3 rings (SSSR count). The van der Waals surface area contributed by atoms with Gasteiger partial charge >= 0.3 is 0 Å². The SMILES string of the molecule is CCN1CCN(CCCCNC(=O)c2cccc(S(=O)(=O)N3CCCC3)c2)CC1. The Morgan fingerprint density at radius 1 is 1.00 bits per heavy atom. The molecule has 162 valence electrons. The van der Waals surface area contributed by atoms with E-state index in [9.17, 15) is 13.2 Å². The van der Waals surface area contributed by atoms with E-state index in [4.69, 9.17) is 0 Å². The topological polar surface area (TPSA) is 73.0 Å². The molecule has 2 heterocycles. The lowest BCUT2D eigenvalue weighted by Gasteiger charge is -2.33. The van der Waals surface area contributed by atoms with Crippen LogP contribution in [-0.4, -0.2) is 87.3 Å². The average molecular weight is 423 g/mol. The molecule has 0 atom stereocenters. The molecule has 0 radical (unpaired) electrons. The molecule has 2 aliphatic rings. The van der Waals surface area contributed by atoms with Crippen molar-refractivity contribution in [1.29, 1.82) is 0 Å². The molecule has 0 bridgehead atoms. The quantitative estimate of drug-likeness (QED) is 0.612. The lowest BCUT2D eigenvalue weighted by Crippen LogP contribution is -2.46. The highest BCUT2D eigenvalue weighted by Gasteiger charge is 2.27. The minimum atomic E-state index is -3.50. The van der Waals surface area contributed by atoms with Crippen LogP contribution < -0.4 is 5.32 Å². The number of unbranched alkanes of at least 4 members (excludes halogenated alkanes) is 1. The molecular formula is C21H34N4O3S. The third kappa shape index (κ3) is 6.01. The van der Waals surface area contributed by atoms with Crippen LogP contribution in [0.2, 0.25) is 0 Å². The van der Waals surface area contributed by atoms with E-state index in [1.165, 1.54) is 10.4 Å². The molecule has 7 nitrogen and oxygen atoms in total. The molecule has 2 aliphatic heterocycles. The largest absolute Gasteiger partial charge is 0.352 e. The molecule has 1 N–H and O–H groups in total. The monoisotopic (exact) mass is 422 g/mol. The summed E-state index contributed by atoms with van der Waals surface area (Å²) >= 11 is 0. The van der Waals surface area contributed by atoms with Gasteiger partial charge < -0.3 is 15.1 Å². The highest BCUT2D eigenvalue weighted by Crippen LogP contribution is 2.21. The molecule has 1 amide bonds. The van der Waals surface area contributed by atoms with Gasteiger partial charge in [0, 0.05) is 51.4 Å². The number of piperazine rings is 1. The van der Waals surface area contributed by atoms with Crippen molar-refractivity contribution in [3.05, 3.63) is 29.8 Å². The van der Waals surface area contributed by atoms with Gasteiger partial charge in [0.1, 0.15) is 0 Å². The molecule has 0 saturated carbocycles. The summed E-state index contributed by atoms with van der Waals surface area (Å²) < 4.78 is 26.9. The number of rotatable bonds is 9. The Bertz CT molecular complexity index is 770. The first-order chi connectivity index (χ1) is 14.0. The summed E-state index contributed by atoms with van der Waals surface area (Å²) in [6.45, 7) is 10.7. The molecule has 8 heteroatoms. The van der Waals surface area contributed by atoms with Crippen LogP contribution in [0.15, 0.2) is 29.2 Å². The number of hydrogen-bond donors (Lipinski definition) is 1. The van der Waals surface area contributed by atoms with Crippen LogP contribution in [0.3, 0.4) is 0 Å². The van der Waals surface area contributed by atoms with Crippen LogP contribution in [0.4, 0.5) is 0 Å². The molecule has 1 aromatic carbocycles. The number of carbonyl (C=O) groups is 1. The normalized spacial score (nSPS) is 19.5. The summed E-state index contributed by atoms with van der Waals surface area (Å²) in [6.07, 6.45) is 3.77. The van der Waals surface area contributed by atoms with E-state index in [1.807, 2.05) is 0 Å². The molecule has 0 aliphatic carbocycles. The third-order valence-corrected chi connectivity index (χ3v) is 7.79. The van der Waals surface area contributed by atoms with Gasteiger partial charge in [0.2, 0.25) is 10.0 Å². The lowest BCUT2D eigenvalue weighted by molar-refractivity contribution is 0.0951. The van der Waals surface area contributed by atoms with E-state index >= 15 is 0 Å². The van der Waals surface area contributed by atoms with Crippen molar-refractivity contribution in [2.24, 2.45) is 0 Å². The molecule has 0 unspecified atom stereocenters. The Morgan fingerprint density at radius 3 is 2.38 bits per heavy atom. The van der Waals surface area contributed by atoms with E-state index in [1.54, 1.807) is 18.2 Å². The predicted molar refractivity (Wildman–Crippen MR) is 115 cm³/mol. The molecule has 2 saturated heterocycles. The van der Waals surface area contributed by atoms with Gasteiger partial charge in [-0.15, -0.1) is 0 Å².